The van der Waals surface area contributed by atoms with E-state index in [1.54, 1.807) is 54.9 Å². The lowest BCUT2D eigenvalue weighted by Crippen LogP contribution is -2.44. The van der Waals surface area contributed by atoms with Gasteiger partial charge in [-0.05, 0) is 48.0 Å². The lowest BCUT2D eigenvalue weighted by molar-refractivity contribution is -0.142. The minimum Gasteiger partial charge on any atom is -0.467 e. The number of carbonyl (C=O) groups excluding carboxylic acids is 2. The van der Waals surface area contributed by atoms with E-state index in [-0.39, 0.29) is 25.5 Å². The Labute approximate surface area is 211 Å². The molecule has 1 N–H and O–H groups in total. The minimum absolute atomic E-state index is 0.0550. The molecule has 5 rings (SSSR count). The SMILES string of the molecule is O=C(NCc1ccco1)C(c1cccnc1)N(Cc1ccc(F)cc1)C(=O)Cn1nnc2ccccc21. The van der Waals surface area contributed by atoms with Gasteiger partial charge in [0.1, 0.15) is 29.7 Å². The fourth-order valence-corrected chi connectivity index (χ4v) is 4.06. The van der Waals surface area contributed by atoms with Gasteiger partial charge in [0.25, 0.3) is 0 Å². The number of furan rings is 1. The van der Waals surface area contributed by atoms with Crippen LogP contribution in [0.4, 0.5) is 4.39 Å². The maximum atomic E-state index is 13.8. The first kappa shape index (κ1) is 23.9. The Kier molecular flexibility index (Phi) is 6.98. The molecule has 0 aliphatic heterocycles. The monoisotopic (exact) mass is 498 g/mol. The van der Waals surface area contributed by atoms with Crippen molar-refractivity contribution in [1.82, 2.24) is 30.2 Å². The molecule has 0 saturated carbocycles. The van der Waals surface area contributed by atoms with Crippen molar-refractivity contribution < 1.29 is 18.4 Å². The molecular weight excluding hydrogens is 475 g/mol. The Hall–Kier alpha value is -4.86. The average molecular weight is 499 g/mol. The van der Waals surface area contributed by atoms with E-state index in [9.17, 15) is 14.0 Å². The number of pyridine rings is 1. The molecule has 2 amide bonds. The van der Waals surface area contributed by atoms with Gasteiger partial charge in [0.05, 0.1) is 18.3 Å². The summed E-state index contributed by atoms with van der Waals surface area (Å²) in [5, 5.41) is 11.1. The first-order valence-corrected chi connectivity index (χ1v) is 11.6. The van der Waals surface area contributed by atoms with Crippen LogP contribution in [-0.4, -0.2) is 36.7 Å². The lowest BCUT2D eigenvalue weighted by Gasteiger charge is -2.31. The maximum absolute atomic E-state index is 13.8. The molecular formula is C27H23FN6O3. The van der Waals surface area contributed by atoms with Crippen LogP contribution in [0.15, 0.2) is 95.9 Å². The van der Waals surface area contributed by atoms with E-state index in [4.69, 9.17) is 4.42 Å². The van der Waals surface area contributed by atoms with Crippen LogP contribution in [0.5, 0.6) is 0 Å². The molecule has 0 aliphatic carbocycles. The van der Waals surface area contributed by atoms with Crippen molar-refractivity contribution in [1.29, 1.82) is 0 Å². The number of para-hydroxylation sites is 1. The Bertz CT molecular complexity index is 1490. The Balaban J connectivity index is 1.50. The number of fused-ring (bicyclic) bond motifs is 1. The lowest BCUT2D eigenvalue weighted by atomic mass is 10.0. The molecule has 1 atom stereocenters. The predicted octanol–water partition coefficient (Wildman–Crippen LogP) is 3.64. The molecule has 1 unspecified atom stereocenters. The number of amides is 2. The zero-order valence-corrected chi connectivity index (χ0v) is 19.7. The van der Waals surface area contributed by atoms with Gasteiger partial charge in [0, 0.05) is 24.5 Å². The molecule has 10 heteroatoms. The summed E-state index contributed by atoms with van der Waals surface area (Å²) < 4.78 is 20.4. The summed E-state index contributed by atoms with van der Waals surface area (Å²) in [6.45, 7) is 0.0539. The molecule has 9 nitrogen and oxygen atoms in total. The van der Waals surface area contributed by atoms with E-state index in [1.807, 2.05) is 18.2 Å². The highest BCUT2D eigenvalue weighted by Gasteiger charge is 2.32. The van der Waals surface area contributed by atoms with Crippen molar-refractivity contribution in [3.63, 3.8) is 0 Å². The standard InChI is InChI=1S/C27H23FN6O3/c28-21-11-9-19(10-12-21)17-33(25(35)18-34-24-8-2-1-7-23(24)31-32-34)26(20-5-3-13-29-15-20)27(36)30-16-22-6-4-14-37-22/h1-15,26H,16-18H2,(H,30,36). The molecule has 3 heterocycles. The number of rotatable bonds is 9. The molecule has 5 aromatic rings. The van der Waals surface area contributed by atoms with Gasteiger partial charge >= 0.3 is 0 Å². The van der Waals surface area contributed by atoms with Crippen molar-refractivity contribution in [2.75, 3.05) is 0 Å². The summed E-state index contributed by atoms with van der Waals surface area (Å²) in [5.41, 5.74) is 2.53. The molecule has 0 bridgehead atoms. The highest BCUT2D eigenvalue weighted by Crippen LogP contribution is 2.25. The van der Waals surface area contributed by atoms with Gasteiger partial charge in [-0.3, -0.25) is 14.6 Å². The van der Waals surface area contributed by atoms with E-state index in [2.05, 4.69) is 20.6 Å². The molecule has 186 valence electrons. The number of carbonyl (C=O) groups is 2. The largest absolute Gasteiger partial charge is 0.467 e. The smallest absolute Gasteiger partial charge is 0.247 e. The van der Waals surface area contributed by atoms with Crippen molar-refractivity contribution in [2.24, 2.45) is 0 Å². The van der Waals surface area contributed by atoms with Crippen molar-refractivity contribution in [3.8, 4) is 0 Å². The third-order valence-electron chi connectivity index (χ3n) is 5.87. The number of nitrogens with zero attached hydrogens (tertiary/aromatic N) is 5. The number of nitrogens with one attached hydrogen (secondary N) is 1. The first-order chi connectivity index (χ1) is 18.1. The third-order valence-corrected chi connectivity index (χ3v) is 5.87. The third kappa shape index (κ3) is 5.53. The van der Waals surface area contributed by atoms with Gasteiger partial charge < -0.3 is 14.6 Å². The fraction of sp³-hybridized carbons (Fsp3) is 0.148. The van der Waals surface area contributed by atoms with E-state index in [1.165, 1.54) is 28.0 Å². The molecule has 0 spiro atoms. The minimum atomic E-state index is -1.02. The Morgan fingerprint density at radius 2 is 1.86 bits per heavy atom. The van der Waals surface area contributed by atoms with E-state index >= 15 is 0 Å². The normalized spacial score (nSPS) is 11.8. The van der Waals surface area contributed by atoms with Gasteiger partial charge in [0.2, 0.25) is 11.8 Å². The number of aromatic nitrogens is 4. The summed E-state index contributed by atoms with van der Waals surface area (Å²) >= 11 is 0. The highest BCUT2D eigenvalue weighted by molar-refractivity contribution is 5.89. The van der Waals surface area contributed by atoms with Crippen LogP contribution >= 0.6 is 0 Å². The van der Waals surface area contributed by atoms with Crippen LogP contribution in [0, 0.1) is 5.82 Å². The van der Waals surface area contributed by atoms with Crippen LogP contribution < -0.4 is 5.32 Å². The second-order valence-electron chi connectivity index (χ2n) is 8.37. The van der Waals surface area contributed by atoms with E-state index in [0.29, 0.717) is 27.9 Å². The molecule has 3 aromatic heterocycles. The van der Waals surface area contributed by atoms with Crippen LogP contribution in [-0.2, 0) is 29.2 Å². The molecule has 37 heavy (non-hydrogen) atoms. The van der Waals surface area contributed by atoms with E-state index in [0.717, 1.165) is 0 Å². The predicted molar refractivity (Wildman–Crippen MR) is 132 cm³/mol. The second-order valence-corrected chi connectivity index (χ2v) is 8.37. The van der Waals surface area contributed by atoms with Gasteiger partial charge in [-0.1, -0.05) is 35.5 Å². The molecule has 0 radical (unpaired) electrons. The van der Waals surface area contributed by atoms with Crippen LogP contribution in [0.3, 0.4) is 0 Å². The van der Waals surface area contributed by atoms with Crippen LogP contribution in [0.1, 0.15) is 22.9 Å². The number of halogens is 1. The Morgan fingerprint density at radius 3 is 2.62 bits per heavy atom. The molecule has 0 saturated heterocycles. The van der Waals surface area contributed by atoms with Gasteiger partial charge in [0.15, 0.2) is 0 Å². The van der Waals surface area contributed by atoms with Crippen LogP contribution in [0.2, 0.25) is 0 Å². The zero-order valence-electron chi connectivity index (χ0n) is 19.7. The van der Waals surface area contributed by atoms with Crippen molar-refractivity contribution in [2.45, 2.75) is 25.7 Å². The zero-order chi connectivity index (χ0) is 25.6. The summed E-state index contributed by atoms with van der Waals surface area (Å²) in [6, 6.07) is 19.0. The highest BCUT2D eigenvalue weighted by atomic mass is 19.1. The number of hydrogen-bond donors (Lipinski definition) is 1. The number of benzene rings is 2. The van der Waals surface area contributed by atoms with Gasteiger partial charge in [-0.15, -0.1) is 5.10 Å². The van der Waals surface area contributed by atoms with E-state index < -0.39 is 17.8 Å². The topological polar surface area (TPSA) is 106 Å². The summed E-state index contributed by atoms with van der Waals surface area (Å²) in [6.07, 6.45) is 4.66. The average Bonchev–Trinajstić information content (AvgIpc) is 3.59. The van der Waals surface area contributed by atoms with Gasteiger partial charge in [-0.25, -0.2) is 9.07 Å². The van der Waals surface area contributed by atoms with Crippen molar-refractivity contribution >= 4 is 22.8 Å². The summed E-state index contributed by atoms with van der Waals surface area (Å²) in [5.74, 6) is -0.607. The van der Waals surface area contributed by atoms with Gasteiger partial charge in [-0.2, -0.15) is 0 Å². The first-order valence-electron chi connectivity index (χ1n) is 11.6. The second kappa shape index (κ2) is 10.8. The number of hydrogen-bond acceptors (Lipinski definition) is 6. The fourth-order valence-electron chi connectivity index (χ4n) is 4.06. The molecule has 0 aliphatic rings. The Morgan fingerprint density at radius 1 is 1.03 bits per heavy atom. The van der Waals surface area contributed by atoms with Crippen molar-refractivity contribution in [3.05, 3.63) is 114 Å². The molecule has 0 fully saturated rings. The quantitative estimate of drug-likeness (QED) is 0.333. The van der Waals surface area contributed by atoms with Crippen LogP contribution in [0.25, 0.3) is 11.0 Å². The molecule has 2 aromatic carbocycles. The summed E-state index contributed by atoms with van der Waals surface area (Å²) in [7, 11) is 0. The summed E-state index contributed by atoms with van der Waals surface area (Å²) in [4.78, 5) is 33.0. The maximum Gasteiger partial charge on any atom is 0.247 e.